The molecule has 0 heterocycles. The lowest BCUT2D eigenvalue weighted by Crippen LogP contribution is -2.22. The summed E-state index contributed by atoms with van der Waals surface area (Å²) in [6, 6.07) is 24.4. The fourth-order valence-electron chi connectivity index (χ4n) is 3.87. The zero-order valence-electron chi connectivity index (χ0n) is 22.0. The lowest BCUT2D eigenvalue weighted by Gasteiger charge is -2.14. The van der Waals surface area contributed by atoms with E-state index >= 15 is 0 Å². The Morgan fingerprint density at radius 2 is 0.881 bits per heavy atom. The van der Waals surface area contributed by atoms with Gasteiger partial charge in [-0.25, -0.2) is 0 Å². The summed E-state index contributed by atoms with van der Waals surface area (Å²) < 4.78 is 10.2. The maximum atomic E-state index is 12.5. The third kappa shape index (κ3) is 8.63. The number of halogens is 4. The number of carbonyl (C=O) groups excluding carboxylic acids is 3. The zero-order chi connectivity index (χ0) is 30.1. The summed E-state index contributed by atoms with van der Waals surface area (Å²) in [7, 11) is 0. The molecule has 4 rings (SSSR count). The Labute approximate surface area is 262 Å². The summed E-state index contributed by atoms with van der Waals surface area (Å²) in [5.74, 6) is -1.83. The van der Waals surface area contributed by atoms with Crippen molar-refractivity contribution in [2.45, 2.75) is 12.8 Å². The van der Waals surface area contributed by atoms with E-state index < -0.39 is 30.9 Å². The molecule has 0 saturated heterocycles. The molecule has 0 spiro atoms. The smallest absolute Gasteiger partial charge is 0.310 e. The summed E-state index contributed by atoms with van der Waals surface area (Å²) >= 11 is 25.0. The first-order valence-corrected chi connectivity index (χ1v) is 14.1. The molecular weight excluding hydrogens is 622 g/mol. The van der Waals surface area contributed by atoms with Crippen LogP contribution in [0.25, 0.3) is 0 Å². The van der Waals surface area contributed by atoms with E-state index in [1.54, 1.807) is 84.9 Å². The van der Waals surface area contributed by atoms with Gasteiger partial charge in [0.2, 0.25) is 5.78 Å². The Bertz CT molecular complexity index is 1450. The number of ketones is 1. The molecule has 0 radical (unpaired) electrons. The molecular formula is C31H24Cl4N2O5. The molecule has 0 aromatic heterocycles. The SMILES string of the molecule is O=C(COC(=O)Cc1ccccc1Nc1c(Cl)cccc1Cl)COC(=O)Cc1ccccc1Nc1c(Cl)cccc1Cl. The van der Waals surface area contributed by atoms with Crippen molar-refractivity contribution in [2.24, 2.45) is 0 Å². The van der Waals surface area contributed by atoms with Gasteiger partial charge in [0.05, 0.1) is 44.3 Å². The fraction of sp³-hybridized carbons (Fsp3) is 0.129. The van der Waals surface area contributed by atoms with Crippen LogP contribution in [0.4, 0.5) is 22.7 Å². The molecule has 0 unspecified atom stereocenters. The van der Waals surface area contributed by atoms with Gasteiger partial charge in [0, 0.05) is 11.4 Å². The van der Waals surface area contributed by atoms with Gasteiger partial charge in [-0.05, 0) is 47.5 Å². The standard InChI is InChI=1S/C31H24Cl4N2O5/c32-22-9-5-10-23(33)30(22)36-26-13-3-1-7-19(26)15-28(39)41-17-21(38)18-42-29(40)16-20-8-2-4-14-27(20)37-31-24(34)11-6-12-25(31)35/h1-14,36-37H,15-18H2. The fourth-order valence-corrected chi connectivity index (χ4v) is 4.86. The highest BCUT2D eigenvalue weighted by molar-refractivity contribution is 6.39. The van der Waals surface area contributed by atoms with E-state index in [1.807, 2.05) is 0 Å². The number of Topliss-reactive ketones (excluding diaryl/α,β-unsaturated/α-hetero) is 1. The topological polar surface area (TPSA) is 93.7 Å². The second kappa shape index (κ2) is 14.9. The summed E-state index contributed by atoms with van der Waals surface area (Å²) in [5, 5.41) is 7.97. The van der Waals surface area contributed by atoms with E-state index in [-0.39, 0.29) is 12.8 Å². The van der Waals surface area contributed by atoms with Crippen LogP contribution in [0, 0.1) is 0 Å². The number of anilines is 4. The van der Waals surface area contributed by atoms with Gasteiger partial charge in [-0.3, -0.25) is 14.4 Å². The third-order valence-electron chi connectivity index (χ3n) is 5.94. The molecule has 4 aromatic carbocycles. The van der Waals surface area contributed by atoms with Gasteiger partial charge in [-0.1, -0.05) is 94.9 Å². The molecule has 11 heteroatoms. The van der Waals surface area contributed by atoms with Crippen LogP contribution in [0.15, 0.2) is 84.9 Å². The summed E-state index contributed by atoms with van der Waals surface area (Å²) in [6.07, 6.45) is -0.227. The maximum absolute atomic E-state index is 12.5. The highest BCUT2D eigenvalue weighted by atomic mass is 35.5. The first-order chi connectivity index (χ1) is 20.2. The molecule has 0 aliphatic carbocycles. The normalized spacial score (nSPS) is 10.6. The maximum Gasteiger partial charge on any atom is 0.310 e. The minimum Gasteiger partial charge on any atom is -0.457 e. The van der Waals surface area contributed by atoms with Gasteiger partial charge in [-0.15, -0.1) is 0 Å². The van der Waals surface area contributed by atoms with E-state index in [0.717, 1.165) is 0 Å². The number of para-hydroxylation sites is 4. The quantitative estimate of drug-likeness (QED) is 0.150. The highest BCUT2D eigenvalue weighted by Gasteiger charge is 2.16. The molecule has 42 heavy (non-hydrogen) atoms. The Morgan fingerprint density at radius 1 is 0.524 bits per heavy atom. The predicted octanol–water partition coefficient (Wildman–Crippen LogP) is 8.23. The van der Waals surface area contributed by atoms with Gasteiger partial charge in [-0.2, -0.15) is 0 Å². The number of hydrogen-bond acceptors (Lipinski definition) is 7. The van der Waals surface area contributed by atoms with E-state index in [0.29, 0.717) is 54.0 Å². The van der Waals surface area contributed by atoms with Crippen LogP contribution in [0.3, 0.4) is 0 Å². The van der Waals surface area contributed by atoms with Crippen molar-refractivity contribution in [1.29, 1.82) is 0 Å². The molecule has 0 aliphatic rings. The first kappa shape index (κ1) is 31.2. The third-order valence-corrected chi connectivity index (χ3v) is 7.20. The minimum atomic E-state index is -0.632. The molecule has 0 aliphatic heterocycles. The zero-order valence-corrected chi connectivity index (χ0v) is 25.0. The molecule has 4 aromatic rings. The van der Waals surface area contributed by atoms with Crippen LogP contribution < -0.4 is 10.6 Å². The van der Waals surface area contributed by atoms with Crippen molar-refractivity contribution in [3.05, 3.63) is 116 Å². The van der Waals surface area contributed by atoms with Crippen LogP contribution >= 0.6 is 46.4 Å². The molecule has 0 fully saturated rings. The average molecular weight is 646 g/mol. The number of esters is 2. The van der Waals surface area contributed by atoms with E-state index in [1.165, 1.54) is 0 Å². The van der Waals surface area contributed by atoms with Crippen LogP contribution in [0.2, 0.25) is 20.1 Å². The molecule has 0 amide bonds. The van der Waals surface area contributed by atoms with Crippen molar-refractivity contribution in [2.75, 3.05) is 23.8 Å². The molecule has 0 bridgehead atoms. The van der Waals surface area contributed by atoms with E-state index in [2.05, 4.69) is 10.6 Å². The number of ether oxygens (including phenoxy) is 2. The van der Waals surface area contributed by atoms with Crippen molar-refractivity contribution in [3.8, 4) is 0 Å². The highest BCUT2D eigenvalue weighted by Crippen LogP contribution is 2.35. The van der Waals surface area contributed by atoms with Crippen LogP contribution in [0.1, 0.15) is 11.1 Å². The largest absolute Gasteiger partial charge is 0.457 e. The van der Waals surface area contributed by atoms with Crippen molar-refractivity contribution in [1.82, 2.24) is 0 Å². The van der Waals surface area contributed by atoms with Gasteiger partial charge < -0.3 is 20.1 Å². The van der Waals surface area contributed by atoms with Crippen molar-refractivity contribution < 1.29 is 23.9 Å². The van der Waals surface area contributed by atoms with E-state index in [4.69, 9.17) is 55.9 Å². The number of nitrogens with one attached hydrogen (secondary N) is 2. The van der Waals surface area contributed by atoms with Gasteiger partial charge >= 0.3 is 11.9 Å². The number of hydrogen-bond donors (Lipinski definition) is 2. The second-order valence-corrected chi connectivity index (χ2v) is 10.6. The molecule has 7 nitrogen and oxygen atoms in total. The molecule has 216 valence electrons. The first-order valence-electron chi connectivity index (χ1n) is 12.6. The lowest BCUT2D eigenvalue weighted by molar-refractivity contribution is -0.152. The van der Waals surface area contributed by atoms with Gasteiger partial charge in [0.15, 0.2) is 13.2 Å². The lowest BCUT2D eigenvalue weighted by atomic mass is 10.1. The Hall–Kier alpha value is -3.75. The monoisotopic (exact) mass is 644 g/mol. The Kier molecular flexibility index (Phi) is 11.1. The number of carbonyl (C=O) groups is 3. The van der Waals surface area contributed by atoms with E-state index in [9.17, 15) is 14.4 Å². The Morgan fingerprint density at radius 3 is 1.26 bits per heavy atom. The predicted molar refractivity (Wildman–Crippen MR) is 167 cm³/mol. The average Bonchev–Trinajstić information content (AvgIpc) is 2.96. The van der Waals surface area contributed by atoms with Crippen LogP contribution in [0.5, 0.6) is 0 Å². The molecule has 2 N–H and O–H groups in total. The number of rotatable bonds is 12. The molecule has 0 saturated carbocycles. The van der Waals surface area contributed by atoms with Crippen LogP contribution in [-0.2, 0) is 36.7 Å². The number of benzene rings is 4. The van der Waals surface area contributed by atoms with Crippen molar-refractivity contribution >= 4 is 86.9 Å². The Balaban J connectivity index is 1.26. The molecule has 0 atom stereocenters. The summed E-state index contributed by atoms with van der Waals surface area (Å²) in [5.41, 5.74) is 3.45. The van der Waals surface area contributed by atoms with Gasteiger partial charge in [0.1, 0.15) is 0 Å². The second-order valence-electron chi connectivity index (χ2n) is 8.97. The summed E-state index contributed by atoms with van der Waals surface area (Å²) in [4.78, 5) is 37.2. The summed E-state index contributed by atoms with van der Waals surface area (Å²) in [6.45, 7) is -1.08. The van der Waals surface area contributed by atoms with Gasteiger partial charge in [0.25, 0.3) is 0 Å². The minimum absolute atomic E-state index is 0.114. The van der Waals surface area contributed by atoms with Crippen molar-refractivity contribution in [3.63, 3.8) is 0 Å². The van der Waals surface area contributed by atoms with Crippen LogP contribution in [-0.4, -0.2) is 30.9 Å².